The van der Waals surface area contributed by atoms with Crippen LogP contribution in [-0.4, -0.2) is 96.9 Å². The van der Waals surface area contributed by atoms with Crippen molar-refractivity contribution in [2.24, 2.45) is 7.05 Å². The summed E-state index contributed by atoms with van der Waals surface area (Å²) >= 11 is 0. The number of hydrogen-bond donors (Lipinski definition) is 1. The lowest BCUT2D eigenvalue weighted by atomic mass is 9.92. The Balaban J connectivity index is 0.685. The Hall–Kier alpha value is -7.32. The van der Waals surface area contributed by atoms with Gasteiger partial charge < -0.3 is 18.8 Å². The molecular formula is C46H36F3N7O7. The molecule has 7 heterocycles. The van der Waals surface area contributed by atoms with Gasteiger partial charge in [0, 0.05) is 79.8 Å². The summed E-state index contributed by atoms with van der Waals surface area (Å²) in [5.74, 6) is 4.33. The van der Waals surface area contributed by atoms with E-state index in [4.69, 9.17) is 14.2 Å². The van der Waals surface area contributed by atoms with Crippen molar-refractivity contribution in [1.29, 1.82) is 0 Å². The van der Waals surface area contributed by atoms with Crippen LogP contribution in [0.4, 0.5) is 13.2 Å². The lowest BCUT2D eigenvalue weighted by Crippen LogP contribution is -2.54. The van der Waals surface area contributed by atoms with E-state index in [0.717, 1.165) is 32.8 Å². The lowest BCUT2D eigenvalue weighted by Gasteiger charge is -2.37. The molecule has 2 saturated heterocycles. The fraction of sp³-hybridized carbons (Fsp3) is 0.283. The summed E-state index contributed by atoms with van der Waals surface area (Å²) in [6, 6.07) is 15.6. The highest BCUT2D eigenvalue weighted by molar-refractivity contribution is 6.23. The molecule has 3 aliphatic heterocycles. The Labute approximate surface area is 357 Å². The Kier molecular flexibility index (Phi) is 9.82. The maximum Gasteiger partial charge on any atom is 0.421 e. The van der Waals surface area contributed by atoms with E-state index in [-0.39, 0.29) is 36.2 Å². The summed E-state index contributed by atoms with van der Waals surface area (Å²) < 4.78 is 62.7. The van der Waals surface area contributed by atoms with Gasteiger partial charge in [-0.05, 0) is 66.4 Å². The first kappa shape index (κ1) is 39.8. The molecule has 0 spiro atoms. The number of fused-ring (bicyclic) bond motifs is 4. The second-order valence-corrected chi connectivity index (χ2v) is 16.0. The van der Waals surface area contributed by atoms with Crippen molar-refractivity contribution in [2.45, 2.75) is 56.2 Å². The molecule has 4 amide bonds. The van der Waals surface area contributed by atoms with E-state index in [1.807, 2.05) is 29.8 Å². The summed E-state index contributed by atoms with van der Waals surface area (Å²) in [6.45, 7) is 1.65. The average molecular weight is 856 g/mol. The van der Waals surface area contributed by atoms with Gasteiger partial charge in [-0.1, -0.05) is 18.1 Å². The summed E-state index contributed by atoms with van der Waals surface area (Å²) in [7, 11) is 1.91. The first-order valence-electron chi connectivity index (χ1n) is 20.3. The van der Waals surface area contributed by atoms with Crippen molar-refractivity contribution in [3.8, 4) is 40.3 Å². The molecule has 14 nitrogen and oxygen atoms in total. The number of alkyl halides is 3. The molecule has 4 aliphatic rings. The molecule has 318 valence electrons. The zero-order valence-electron chi connectivity index (χ0n) is 33.5. The zero-order valence-corrected chi connectivity index (χ0v) is 33.5. The third-order valence-electron chi connectivity index (χ3n) is 11.8. The number of likely N-dealkylation sites (tertiary alicyclic amines) is 1. The van der Waals surface area contributed by atoms with Crippen LogP contribution in [0.25, 0.3) is 32.9 Å². The van der Waals surface area contributed by atoms with Gasteiger partial charge in [0.1, 0.15) is 47.1 Å². The SMILES string of the molecule is Cn1c2ccncc2c2ccc(-c3cnc(OC4CC(Oc5ccc(C#CCN6CC(Oc7ccc8c(c7)C(=O)N(C7CCC(=O)NC7=O)C8=O)C6)nc5)C4)c(C(F)(F)F)c3)cc21. The molecule has 0 radical (unpaired) electrons. The quantitative estimate of drug-likeness (QED) is 0.140. The zero-order chi connectivity index (χ0) is 43.6. The molecule has 10 rings (SSSR count). The van der Waals surface area contributed by atoms with Crippen LogP contribution >= 0.6 is 0 Å². The number of benzene rings is 2. The first-order chi connectivity index (χ1) is 30.4. The standard InChI is InChI=1S/C46H36F3N7O7/c1-54-38-12-13-50-22-36(38)33-8-4-25(16-40(33)54)26-15-37(46(47,48)49)43(52-20-26)63-31-17-30(18-31)62-29-6-5-27(51-21-29)3-2-14-55-23-32(24-55)61-28-7-9-34-35(19-28)45(60)56(44(34)59)39-10-11-41(57)53-42(39)58/h4-9,12-13,15-16,19-22,30-32,39H,10-11,14,17-18,23-24H2,1H3,(H,53,57,58). The van der Waals surface area contributed by atoms with Crippen molar-refractivity contribution in [3.63, 3.8) is 0 Å². The minimum atomic E-state index is -4.68. The van der Waals surface area contributed by atoms with Crippen molar-refractivity contribution in [3.05, 3.63) is 108 Å². The van der Waals surface area contributed by atoms with Gasteiger partial charge in [0.2, 0.25) is 17.7 Å². The number of halogens is 3. The highest BCUT2D eigenvalue weighted by Crippen LogP contribution is 2.41. The van der Waals surface area contributed by atoms with Crippen LogP contribution in [0.5, 0.6) is 17.4 Å². The number of amides is 4. The predicted molar refractivity (Wildman–Crippen MR) is 220 cm³/mol. The van der Waals surface area contributed by atoms with Gasteiger partial charge in [-0.25, -0.2) is 9.97 Å². The van der Waals surface area contributed by atoms with Crippen LogP contribution in [0.3, 0.4) is 0 Å². The van der Waals surface area contributed by atoms with Crippen LogP contribution < -0.4 is 19.5 Å². The Morgan fingerprint density at radius 2 is 1.56 bits per heavy atom. The fourth-order valence-corrected chi connectivity index (χ4v) is 8.41. The van der Waals surface area contributed by atoms with Crippen molar-refractivity contribution in [2.75, 3.05) is 19.6 Å². The highest BCUT2D eigenvalue weighted by Gasteiger charge is 2.45. The van der Waals surface area contributed by atoms with E-state index < -0.39 is 53.4 Å². The van der Waals surface area contributed by atoms with Crippen LogP contribution in [0.15, 0.2) is 85.5 Å². The molecule has 1 N–H and O–H groups in total. The number of carbonyl (C=O) groups is 4. The molecule has 1 saturated carbocycles. The number of pyridine rings is 3. The van der Waals surface area contributed by atoms with Gasteiger partial charge in [0.15, 0.2) is 0 Å². The molecule has 17 heteroatoms. The highest BCUT2D eigenvalue weighted by atomic mass is 19.4. The summed E-state index contributed by atoms with van der Waals surface area (Å²) in [6.07, 6.45) is 1.72. The molecule has 4 aromatic heterocycles. The number of piperidine rings is 1. The number of carbonyl (C=O) groups excluding carboxylic acids is 4. The van der Waals surface area contributed by atoms with Crippen LogP contribution in [0, 0.1) is 11.8 Å². The first-order valence-corrected chi connectivity index (χ1v) is 20.3. The molecular weight excluding hydrogens is 820 g/mol. The summed E-state index contributed by atoms with van der Waals surface area (Å²) in [4.78, 5) is 65.7. The van der Waals surface area contributed by atoms with E-state index in [9.17, 15) is 32.3 Å². The fourth-order valence-electron chi connectivity index (χ4n) is 8.41. The number of ether oxygens (including phenoxy) is 3. The second-order valence-electron chi connectivity index (χ2n) is 16.0. The lowest BCUT2D eigenvalue weighted by molar-refractivity contribution is -0.140. The Morgan fingerprint density at radius 1 is 0.778 bits per heavy atom. The maximum atomic E-state index is 14.3. The molecule has 3 fully saturated rings. The Morgan fingerprint density at radius 3 is 2.33 bits per heavy atom. The van der Waals surface area contributed by atoms with Gasteiger partial charge in [-0.2, -0.15) is 13.2 Å². The van der Waals surface area contributed by atoms with E-state index >= 15 is 0 Å². The van der Waals surface area contributed by atoms with Crippen LogP contribution in [-0.2, 0) is 22.8 Å². The number of aryl methyl sites for hydroxylation is 1. The number of nitrogens with zero attached hydrogens (tertiary/aromatic N) is 6. The van der Waals surface area contributed by atoms with Crippen molar-refractivity contribution >= 4 is 45.4 Å². The molecule has 63 heavy (non-hydrogen) atoms. The van der Waals surface area contributed by atoms with Crippen molar-refractivity contribution in [1.82, 2.24) is 34.6 Å². The number of rotatable bonds is 9. The smallest absolute Gasteiger partial charge is 0.421 e. The molecule has 6 aromatic rings. The monoisotopic (exact) mass is 855 g/mol. The topological polar surface area (TPSA) is 158 Å². The van der Waals surface area contributed by atoms with E-state index in [1.54, 1.807) is 42.9 Å². The van der Waals surface area contributed by atoms with Crippen LogP contribution in [0.1, 0.15) is 57.7 Å². The van der Waals surface area contributed by atoms with Crippen LogP contribution in [0.2, 0.25) is 0 Å². The molecule has 1 unspecified atom stereocenters. The largest absolute Gasteiger partial charge is 0.489 e. The van der Waals surface area contributed by atoms with Gasteiger partial charge in [0.25, 0.3) is 11.8 Å². The number of aromatic nitrogens is 4. The summed E-state index contributed by atoms with van der Waals surface area (Å²) in [5, 5.41) is 4.11. The predicted octanol–water partition coefficient (Wildman–Crippen LogP) is 5.71. The molecule has 2 aromatic carbocycles. The molecule has 1 aliphatic carbocycles. The van der Waals surface area contributed by atoms with Crippen molar-refractivity contribution < 1.29 is 46.6 Å². The minimum Gasteiger partial charge on any atom is -0.489 e. The number of hydrogen-bond acceptors (Lipinski definition) is 11. The van der Waals surface area contributed by atoms with Gasteiger partial charge in [-0.15, -0.1) is 0 Å². The minimum absolute atomic E-state index is 0.0443. The Bertz CT molecular complexity index is 2930. The van der Waals surface area contributed by atoms with Gasteiger partial charge >= 0.3 is 6.18 Å². The normalized spacial score (nSPS) is 20.2. The maximum absolute atomic E-state index is 14.3. The van der Waals surface area contributed by atoms with Gasteiger partial charge in [0.05, 0.1) is 29.4 Å². The number of imide groups is 2. The molecule has 1 atom stereocenters. The second kappa shape index (κ2) is 15.5. The third-order valence-corrected chi connectivity index (χ3v) is 11.8. The average Bonchev–Trinajstić information content (AvgIpc) is 3.66. The van der Waals surface area contributed by atoms with E-state index in [0.29, 0.717) is 60.8 Å². The van der Waals surface area contributed by atoms with E-state index in [2.05, 4.69) is 37.0 Å². The van der Waals surface area contributed by atoms with Gasteiger partial charge in [-0.3, -0.25) is 39.3 Å². The molecule has 0 bridgehead atoms. The van der Waals surface area contributed by atoms with E-state index in [1.165, 1.54) is 18.3 Å². The number of nitrogens with one attached hydrogen (secondary N) is 1. The summed E-state index contributed by atoms with van der Waals surface area (Å²) in [5.41, 5.74) is 2.71. The third kappa shape index (κ3) is 7.56.